The zero-order chi connectivity index (χ0) is 10.8. The van der Waals surface area contributed by atoms with Crippen molar-refractivity contribution in [1.82, 2.24) is 4.90 Å². The number of allylic oxidation sites excluding steroid dienone is 2. The van der Waals surface area contributed by atoms with Gasteiger partial charge in [0, 0.05) is 23.9 Å². The summed E-state index contributed by atoms with van der Waals surface area (Å²) in [5.74, 6) is 0.507. The van der Waals surface area contributed by atoms with Gasteiger partial charge in [-0.25, -0.2) is 0 Å². The highest BCUT2D eigenvalue weighted by Gasteiger charge is 2.28. The number of carbonyl (C=O) groups excluding carboxylic acids is 1. The van der Waals surface area contributed by atoms with Gasteiger partial charge in [0.15, 0.2) is 0 Å². The van der Waals surface area contributed by atoms with Crippen LogP contribution in [0.3, 0.4) is 0 Å². The van der Waals surface area contributed by atoms with Crippen molar-refractivity contribution in [1.29, 1.82) is 0 Å². The molecule has 14 heavy (non-hydrogen) atoms. The van der Waals surface area contributed by atoms with Crippen molar-refractivity contribution in [2.45, 2.75) is 27.7 Å². The summed E-state index contributed by atoms with van der Waals surface area (Å²) in [7, 11) is 0. The number of hydrogen-bond acceptors (Lipinski definition) is 2. The van der Waals surface area contributed by atoms with Crippen LogP contribution in [0.15, 0.2) is 24.0 Å². The molecule has 0 saturated heterocycles. The van der Waals surface area contributed by atoms with E-state index >= 15 is 0 Å². The molecular weight excluding hydrogens is 174 g/mol. The molecule has 0 aromatic heterocycles. The maximum Gasteiger partial charge on any atom is 0.144 e. The zero-order valence-corrected chi connectivity index (χ0v) is 9.45. The second-order valence-electron chi connectivity index (χ2n) is 4.82. The molecule has 0 saturated carbocycles. The van der Waals surface area contributed by atoms with E-state index in [-0.39, 0.29) is 5.41 Å². The Morgan fingerprint density at radius 1 is 1.50 bits per heavy atom. The first kappa shape index (κ1) is 11.0. The van der Waals surface area contributed by atoms with Crippen molar-refractivity contribution in [2.24, 2.45) is 11.3 Å². The maximum atomic E-state index is 10.3. The molecule has 0 spiro atoms. The van der Waals surface area contributed by atoms with E-state index in [4.69, 9.17) is 0 Å². The summed E-state index contributed by atoms with van der Waals surface area (Å²) in [6.07, 6.45) is 6.54. The molecule has 0 aromatic carbocycles. The van der Waals surface area contributed by atoms with E-state index in [2.05, 4.69) is 38.7 Å². The Labute approximate surface area is 86.3 Å². The van der Waals surface area contributed by atoms with E-state index in [1.807, 2.05) is 6.20 Å². The third-order valence-corrected chi connectivity index (χ3v) is 2.38. The van der Waals surface area contributed by atoms with Gasteiger partial charge in [0.25, 0.3) is 0 Å². The van der Waals surface area contributed by atoms with Gasteiger partial charge in [-0.3, -0.25) is 4.79 Å². The summed E-state index contributed by atoms with van der Waals surface area (Å²) in [6, 6.07) is 0. The Hall–Kier alpha value is -1.05. The molecule has 1 aliphatic rings. The summed E-state index contributed by atoms with van der Waals surface area (Å²) in [5.41, 5.74) is 1.53. The van der Waals surface area contributed by atoms with Gasteiger partial charge in [0.2, 0.25) is 0 Å². The van der Waals surface area contributed by atoms with Gasteiger partial charge in [0.1, 0.15) is 6.29 Å². The summed E-state index contributed by atoms with van der Waals surface area (Å²) in [6.45, 7) is 9.74. The topological polar surface area (TPSA) is 20.3 Å². The summed E-state index contributed by atoms with van der Waals surface area (Å²) in [5, 5.41) is 0. The number of aldehydes is 1. The van der Waals surface area contributed by atoms with Crippen molar-refractivity contribution in [2.75, 3.05) is 6.54 Å². The molecule has 0 atom stereocenters. The molecule has 0 bridgehead atoms. The molecule has 0 radical (unpaired) electrons. The lowest BCUT2D eigenvalue weighted by atomic mass is 9.94. The predicted octanol–water partition coefficient (Wildman–Crippen LogP) is 2.58. The Balaban J connectivity index is 2.84. The molecule has 0 unspecified atom stereocenters. The van der Waals surface area contributed by atoms with Crippen LogP contribution in [0.25, 0.3) is 0 Å². The average Bonchev–Trinajstić information content (AvgIpc) is 2.38. The van der Waals surface area contributed by atoms with Crippen LogP contribution in [0.1, 0.15) is 27.7 Å². The molecule has 2 heteroatoms. The van der Waals surface area contributed by atoms with Crippen molar-refractivity contribution < 1.29 is 4.79 Å². The normalized spacial score (nSPS) is 20.6. The number of carbonyl (C=O) groups is 1. The first-order chi connectivity index (χ1) is 6.46. The molecule has 1 heterocycles. The summed E-state index contributed by atoms with van der Waals surface area (Å²) in [4.78, 5) is 12.4. The van der Waals surface area contributed by atoms with Gasteiger partial charge >= 0.3 is 0 Å². The molecular formula is C12H19NO. The summed E-state index contributed by atoms with van der Waals surface area (Å²) >= 11 is 0. The first-order valence-electron chi connectivity index (χ1n) is 5.07. The molecule has 0 aliphatic carbocycles. The maximum absolute atomic E-state index is 10.3. The fourth-order valence-corrected chi connectivity index (χ4v) is 1.84. The lowest BCUT2D eigenvalue weighted by Gasteiger charge is -2.22. The minimum Gasteiger partial charge on any atom is -0.351 e. The minimum absolute atomic E-state index is 0.215. The predicted molar refractivity (Wildman–Crippen MR) is 58.6 cm³/mol. The number of nitrogens with zero attached hydrogens (tertiary/aromatic N) is 1. The van der Waals surface area contributed by atoms with Gasteiger partial charge in [-0.2, -0.15) is 0 Å². The van der Waals surface area contributed by atoms with Crippen molar-refractivity contribution in [3.8, 4) is 0 Å². The van der Waals surface area contributed by atoms with Crippen LogP contribution >= 0.6 is 0 Å². The van der Waals surface area contributed by atoms with E-state index in [0.29, 0.717) is 5.92 Å². The van der Waals surface area contributed by atoms with Crippen LogP contribution in [0.2, 0.25) is 0 Å². The molecule has 1 rings (SSSR count). The van der Waals surface area contributed by atoms with Gasteiger partial charge in [-0.1, -0.05) is 33.8 Å². The van der Waals surface area contributed by atoms with Crippen molar-refractivity contribution >= 4 is 6.29 Å². The summed E-state index contributed by atoms with van der Waals surface area (Å²) < 4.78 is 0. The molecule has 0 N–H and O–H groups in total. The van der Waals surface area contributed by atoms with Gasteiger partial charge in [-0.15, -0.1) is 0 Å². The van der Waals surface area contributed by atoms with Crippen molar-refractivity contribution in [3.63, 3.8) is 0 Å². The third kappa shape index (κ3) is 2.47. The van der Waals surface area contributed by atoms with Crippen LogP contribution in [-0.2, 0) is 4.79 Å². The first-order valence-corrected chi connectivity index (χ1v) is 5.07. The fraction of sp³-hybridized carbons (Fsp3) is 0.583. The highest BCUT2D eigenvalue weighted by molar-refractivity contribution is 5.64. The number of rotatable bonds is 3. The van der Waals surface area contributed by atoms with E-state index in [1.54, 1.807) is 6.08 Å². The largest absolute Gasteiger partial charge is 0.351 e. The molecule has 1 aliphatic heterocycles. The Kier molecular flexibility index (Phi) is 3.14. The lowest BCUT2D eigenvalue weighted by Crippen LogP contribution is -2.21. The SMILES string of the molecule is CC(C)C1=CC(C)(C)CN1/C=C\C=O. The van der Waals surface area contributed by atoms with E-state index in [9.17, 15) is 4.79 Å². The highest BCUT2D eigenvalue weighted by atomic mass is 16.1. The molecule has 78 valence electrons. The standard InChI is InChI=1S/C12H19NO/c1-10(2)11-8-12(3,4)9-13(11)6-5-7-14/h5-8,10H,9H2,1-4H3/b6-5-. The van der Waals surface area contributed by atoms with Crippen LogP contribution in [0.4, 0.5) is 0 Å². The lowest BCUT2D eigenvalue weighted by molar-refractivity contribution is -0.104. The van der Waals surface area contributed by atoms with E-state index in [0.717, 1.165) is 12.8 Å². The Morgan fingerprint density at radius 2 is 2.14 bits per heavy atom. The number of hydrogen-bond donors (Lipinski definition) is 0. The second kappa shape index (κ2) is 3.99. The molecule has 0 aromatic rings. The van der Waals surface area contributed by atoms with Gasteiger partial charge in [-0.05, 0) is 12.0 Å². The van der Waals surface area contributed by atoms with Crippen LogP contribution in [-0.4, -0.2) is 17.7 Å². The smallest absolute Gasteiger partial charge is 0.144 e. The Bertz CT molecular complexity index is 274. The van der Waals surface area contributed by atoms with Crippen LogP contribution < -0.4 is 0 Å². The average molecular weight is 193 g/mol. The zero-order valence-electron chi connectivity index (χ0n) is 9.45. The highest BCUT2D eigenvalue weighted by Crippen LogP contribution is 2.34. The monoisotopic (exact) mass is 193 g/mol. The molecule has 0 amide bonds. The van der Waals surface area contributed by atoms with Crippen LogP contribution in [0, 0.1) is 11.3 Å². The second-order valence-corrected chi connectivity index (χ2v) is 4.82. The van der Waals surface area contributed by atoms with Crippen molar-refractivity contribution in [3.05, 3.63) is 24.0 Å². The molecule has 2 nitrogen and oxygen atoms in total. The molecule has 0 fully saturated rings. The fourth-order valence-electron chi connectivity index (χ4n) is 1.84. The quantitative estimate of drug-likeness (QED) is 0.507. The van der Waals surface area contributed by atoms with Gasteiger partial charge < -0.3 is 4.90 Å². The Morgan fingerprint density at radius 3 is 2.64 bits per heavy atom. The van der Waals surface area contributed by atoms with E-state index < -0.39 is 0 Å². The van der Waals surface area contributed by atoms with Crippen LogP contribution in [0.5, 0.6) is 0 Å². The van der Waals surface area contributed by atoms with E-state index in [1.165, 1.54) is 5.70 Å². The third-order valence-electron chi connectivity index (χ3n) is 2.38. The minimum atomic E-state index is 0.215. The van der Waals surface area contributed by atoms with Gasteiger partial charge in [0.05, 0.1) is 0 Å².